The smallest absolute Gasteiger partial charge is 0.303 e. The molecule has 0 spiro atoms. The van der Waals surface area contributed by atoms with Crippen molar-refractivity contribution in [3.8, 4) is 17.2 Å². The number of aryl methyl sites for hydroxylation is 1. The summed E-state index contributed by atoms with van der Waals surface area (Å²) >= 11 is 12.2. The third-order valence-corrected chi connectivity index (χ3v) is 3.30. The molecule has 0 amide bonds. The van der Waals surface area contributed by atoms with E-state index >= 15 is 0 Å². The zero-order valence-electron chi connectivity index (χ0n) is 10.8. The first-order valence-corrected chi connectivity index (χ1v) is 6.88. The molecule has 2 N–H and O–H groups in total. The summed E-state index contributed by atoms with van der Waals surface area (Å²) in [6.45, 7) is 0. The van der Waals surface area contributed by atoms with Gasteiger partial charge in [-0.1, -0.05) is 23.2 Å². The van der Waals surface area contributed by atoms with Crippen molar-refractivity contribution in [1.82, 2.24) is 0 Å². The van der Waals surface area contributed by atoms with Crippen LogP contribution in [0.5, 0.6) is 17.2 Å². The van der Waals surface area contributed by atoms with Crippen molar-refractivity contribution in [3.05, 3.63) is 52.0 Å². The molecule has 0 saturated heterocycles. The van der Waals surface area contributed by atoms with Crippen LogP contribution in [0.3, 0.4) is 0 Å². The van der Waals surface area contributed by atoms with E-state index in [1.165, 1.54) is 12.1 Å². The molecular formula is C15H12Cl2O4. The number of halogens is 2. The number of rotatable bonds is 5. The van der Waals surface area contributed by atoms with Gasteiger partial charge in [-0.25, -0.2) is 0 Å². The zero-order valence-corrected chi connectivity index (χ0v) is 12.4. The summed E-state index contributed by atoms with van der Waals surface area (Å²) in [6.07, 6.45) is 0.346. The van der Waals surface area contributed by atoms with Crippen molar-refractivity contribution in [2.45, 2.75) is 12.8 Å². The SMILES string of the molecule is O=C(O)CCc1cc(Cl)c(Oc2ccc(O)cc2)c(Cl)c1. The van der Waals surface area contributed by atoms with Crippen molar-refractivity contribution in [1.29, 1.82) is 0 Å². The molecule has 6 heteroatoms. The summed E-state index contributed by atoms with van der Waals surface area (Å²) in [5.41, 5.74) is 0.727. The molecule has 0 bridgehead atoms. The predicted octanol–water partition coefficient (Wildman–Crippen LogP) is 4.51. The van der Waals surface area contributed by atoms with E-state index in [9.17, 15) is 9.90 Å². The molecule has 2 rings (SSSR count). The van der Waals surface area contributed by atoms with Crippen LogP contribution >= 0.6 is 23.2 Å². The number of carboxylic acids is 1. The highest BCUT2D eigenvalue weighted by Gasteiger charge is 2.12. The van der Waals surface area contributed by atoms with Crippen LogP contribution in [0.15, 0.2) is 36.4 Å². The minimum absolute atomic E-state index is 0.00479. The van der Waals surface area contributed by atoms with Gasteiger partial charge < -0.3 is 14.9 Å². The van der Waals surface area contributed by atoms with E-state index in [1.807, 2.05) is 0 Å². The molecule has 4 nitrogen and oxygen atoms in total. The predicted molar refractivity (Wildman–Crippen MR) is 80.6 cm³/mol. The normalized spacial score (nSPS) is 10.4. The van der Waals surface area contributed by atoms with Gasteiger partial charge in [0.1, 0.15) is 11.5 Å². The van der Waals surface area contributed by atoms with Crippen LogP contribution in [0.4, 0.5) is 0 Å². The Morgan fingerprint density at radius 3 is 2.19 bits per heavy atom. The minimum Gasteiger partial charge on any atom is -0.508 e. The molecule has 21 heavy (non-hydrogen) atoms. The summed E-state index contributed by atoms with van der Waals surface area (Å²) in [7, 11) is 0. The Kier molecular flexibility index (Phi) is 4.94. The van der Waals surface area contributed by atoms with E-state index in [0.717, 1.165) is 5.56 Å². The molecule has 0 saturated carbocycles. The number of carboxylic acid groups (broad SMARTS) is 1. The molecule has 0 aromatic heterocycles. The molecule has 2 aromatic rings. The van der Waals surface area contributed by atoms with Crippen molar-refractivity contribution in [2.24, 2.45) is 0 Å². The molecule has 2 aromatic carbocycles. The maximum Gasteiger partial charge on any atom is 0.303 e. The van der Waals surface area contributed by atoms with Crippen molar-refractivity contribution in [3.63, 3.8) is 0 Å². The van der Waals surface area contributed by atoms with Gasteiger partial charge in [0.15, 0.2) is 5.75 Å². The lowest BCUT2D eigenvalue weighted by molar-refractivity contribution is -0.136. The Balaban J connectivity index is 2.20. The summed E-state index contributed by atoms with van der Waals surface area (Å²) < 4.78 is 5.58. The van der Waals surface area contributed by atoms with Gasteiger partial charge in [0, 0.05) is 6.42 Å². The second-order valence-corrected chi connectivity index (χ2v) is 5.19. The summed E-state index contributed by atoms with van der Waals surface area (Å²) in [5, 5.41) is 18.5. The summed E-state index contributed by atoms with van der Waals surface area (Å²) in [5.74, 6) is 0.0215. The molecule has 0 atom stereocenters. The van der Waals surface area contributed by atoms with Crippen molar-refractivity contribution >= 4 is 29.2 Å². The number of aliphatic carboxylic acids is 1. The van der Waals surface area contributed by atoms with Crippen LogP contribution in [0.1, 0.15) is 12.0 Å². The van der Waals surface area contributed by atoms with E-state index in [4.69, 9.17) is 33.0 Å². The topological polar surface area (TPSA) is 66.8 Å². The summed E-state index contributed by atoms with van der Waals surface area (Å²) in [6, 6.07) is 9.40. The van der Waals surface area contributed by atoms with Gasteiger partial charge in [-0.3, -0.25) is 4.79 Å². The Bertz CT molecular complexity index is 630. The fourth-order valence-electron chi connectivity index (χ4n) is 1.74. The largest absolute Gasteiger partial charge is 0.508 e. The maximum atomic E-state index is 10.6. The Morgan fingerprint density at radius 1 is 1.10 bits per heavy atom. The molecule has 0 aliphatic rings. The van der Waals surface area contributed by atoms with E-state index in [0.29, 0.717) is 28.0 Å². The number of aromatic hydroxyl groups is 1. The fourth-order valence-corrected chi connectivity index (χ4v) is 2.35. The molecule has 110 valence electrons. The number of hydrogen-bond donors (Lipinski definition) is 2. The van der Waals surface area contributed by atoms with Gasteiger partial charge in [0.05, 0.1) is 10.0 Å². The molecule has 0 unspecified atom stereocenters. The van der Waals surface area contributed by atoms with Crippen LogP contribution in [-0.4, -0.2) is 16.2 Å². The first-order chi connectivity index (χ1) is 9.95. The highest BCUT2D eigenvalue weighted by atomic mass is 35.5. The standard InChI is InChI=1S/C15H12Cl2O4/c16-12-7-9(1-6-14(19)20)8-13(17)15(12)21-11-4-2-10(18)3-5-11/h2-5,7-8,18H,1,6H2,(H,19,20). The molecule has 0 aliphatic heterocycles. The highest BCUT2D eigenvalue weighted by Crippen LogP contribution is 2.37. The molecular weight excluding hydrogens is 315 g/mol. The van der Waals surface area contributed by atoms with Crippen LogP contribution in [0.25, 0.3) is 0 Å². The van der Waals surface area contributed by atoms with Crippen LogP contribution < -0.4 is 4.74 Å². The van der Waals surface area contributed by atoms with E-state index < -0.39 is 5.97 Å². The zero-order chi connectivity index (χ0) is 15.4. The van der Waals surface area contributed by atoms with Gasteiger partial charge in [0.2, 0.25) is 0 Å². The summed E-state index contributed by atoms with van der Waals surface area (Å²) in [4.78, 5) is 10.6. The quantitative estimate of drug-likeness (QED) is 0.848. The minimum atomic E-state index is -0.883. The van der Waals surface area contributed by atoms with Gasteiger partial charge in [-0.2, -0.15) is 0 Å². The van der Waals surface area contributed by atoms with Gasteiger partial charge in [-0.15, -0.1) is 0 Å². The molecule has 0 heterocycles. The third kappa shape index (κ3) is 4.28. The molecule has 0 fully saturated rings. The number of phenolic OH excluding ortho intramolecular Hbond substituents is 1. The number of benzene rings is 2. The second-order valence-electron chi connectivity index (χ2n) is 4.38. The number of carbonyl (C=O) groups is 1. The monoisotopic (exact) mass is 326 g/mol. The Hall–Kier alpha value is -1.91. The number of phenols is 1. The van der Waals surface area contributed by atoms with Crippen LogP contribution in [0.2, 0.25) is 10.0 Å². The molecule has 0 aliphatic carbocycles. The first-order valence-electron chi connectivity index (χ1n) is 6.12. The average molecular weight is 327 g/mol. The molecule has 0 radical (unpaired) electrons. The van der Waals surface area contributed by atoms with Gasteiger partial charge in [0.25, 0.3) is 0 Å². The fraction of sp³-hybridized carbons (Fsp3) is 0.133. The Morgan fingerprint density at radius 2 is 1.67 bits per heavy atom. The third-order valence-electron chi connectivity index (χ3n) is 2.74. The lowest BCUT2D eigenvalue weighted by Crippen LogP contribution is -1.98. The Labute approximate surface area is 131 Å². The van der Waals surface area contributed by atoms with Crippen LogP contribution in [0, 0.1) is 0 Å². The lowest BCUT2D eigenvalue weighted by atomic mass is 10.1. The van der Waals surface area contributed by atoms with E-state index in [2.05, 4.69) is 0 Å². The van der Waals surface area contributed by atoms with Gasteiger partial charge >= 0.3 is 5.97 Å². The van der Waals surface area contributed by atoms with Gasteiger partial charge in [-0.05, 0) is 48.4 Å². The van der Waals surface area contributed by atoms with Crippen molar-refractivity contribution < 1.29 is 19.7 Å². The van der Waals surface area contributed by atoms with Crippen LogP contribution in [-0.2, 0) is 11.2 Å². The number of ether oxygens (including phenoxy) is 1. The van der Waals surface area contributed by atoms with E-state index in [-0.39, 0.29) is 12.2 Å². The highest BCUT2D eigenvalue weighted by molar-refractivity contribution is 6.37. The van der Waals surface area contributed by atoms with Crippen molar-refractivity contribution in [2.75, 3.05) is 0 Å². The average Bonchev–Trinajstić information content (AvgIpc) is 2.42. The van der Waals surface area contributed by atoms with E-state index in [1.54, 1.807) is 24.3 Å². The number of hydrogen-bond acceptors (Lipinski definition) is 3. The second kappa shape index (κ2) is 6.70. The maximum absolute atomic E-state index is 10.6. The first kappa shape index (κ1) is 15.5. The lowest BCUT2D eigenvalue weighted by Gasteiger charge is -2.11.